The van der Waals surface area contributed by atoms with Gasteiger partial charge in [-0.25, -0.2) is 0 Å². The number of furan rings is 1. The highest BCUT2D eigenvalue weighted by Gasteiger charge is 2.09. The molecule has 3 N–H and O–H groups in total. The van der Waals surface area contributed by atoms with E-state index in [9.17, 15) is 14.4 Å². The van der Waals surface area contributed by atoms with Crippen LogP contribution in [0.2, 0.25) is 0 Å². The van der Waals surface area contributed by atoms with Gasteiger partial charge in [0.1, 0.15) is 5.75 Å². The number of methoxy groups -OCH3 is 1. The number of carbonyl (C=O) groups excluding carboxylic acids is 3. The number of hydrogen-bond acceptors (Lipinski definition) is 5. The lowest BCUT2D eigenvalue weighted by molar-refractivity contribution is -0.115. The van der Waals surface area contributed by atoms with Crippen LogP contribution in [0.25, 0.3) is 0 Å². The van der Waals surface area contributed by atoms with Gasteiger partial charge in [0.25, 0.3) is 11.8 Å². The van der Waals surface area contributed by atoms with Crippen molar-refractivity contribution in [2.45, 2.75) is 6.42 Å². The van der Waals surface area contributed by atoms with Gasteiger partial charge < -0.3 is 25.1 Å². The summed E-state index contributed by atoms with van der Waals surface area (Å²) < 4.78 is 10.1. The van der Waals surface area contributed by atoms with Crippen LogP contribution in [0, 0.1) is 0 Å². The predicted molar refractivity (Wildman–Crippen MR) is 115 cm³/mol. The van der Waals surface area contributed by atoms with Crippen molar-refractivity contribution in [3.63, 3.8) is 0 Å². The van der Waals surface area contributed by atoms with Gasteiger partial charge >= 0.3 is 0 Å². The molecule has 160 valence electrons. The quantitative estimate of drug-likeness (QED) is 0.460. The molecule has 8 nitrogen and oxygen atoms in total. The van der Waals surface area contributed by atoms with Crippen LogP contribution in [0.15, 0.2) is 71.3 Å². The molecule has 2 aromatic carbocycles. The van der Waals surface area contributed by atoms with Gasteiger partial charge in [-0.2, -0.15) is 0 Å². The fraction of sp³-hybridized carbons (Fsp3) is 0.174. The molecule has 0 bridgehead atoms. The zero-order chi connectivity index (χ0) is 22.1. The monoisotopic (exact) mass is 421 g/mol. The maximum Gasteiger partial charge on any atom is 0.287 e. The van der Waals surface area contributed by atoms with E-state index in [1.54, 1.807) is 55.6 Å². The van der Waals surface area contributed by atoms with Crippen molar-refractivity contribution in [3.05, 3.63) is 83.8 Å². The van der Waals surface area contributed by atoms with Crippen LogP contribution in [0.5, 0.6) is 5.75 Å². The Balaban J connectivity index is 1.41. The number of amides is 3. The summed E-state index contributed by atoms with van der Waals surface area (Å²) in [6, 6.07) is 17.0. The first-order valence-corrected chi connectivity index (χ1v) is 9.68. The standard InChI is InChI=1S/C23H23N3O5/c1-30-19-10-4-16(5-11-19)15-21(27)26-18-8-6-17(7-9-18)22(28)24-12-13-25-23(29)20-3-2-14-31-20/h2-11,14H,12-13,15H2,1H3,(H,24,28)(H,25,29)(H,26,27). The summed E-state index contributed by atoms with van der Waals surface area (Å²) in [5, 5.41) is 8.17. The minimum absolute atomic E-state index is 0.158. The molecule has 0 aliphatic heterocycles. The van der Waals surface area contributed by atoms with Crippen LogP contribution in [0.1, 0.15) is 26.5 Å². The van der Waals surface area contributed by atoms with Gasteiger partial charge in [0.05, 0.1) is 19.8 Å². The van der Waals surface area contributed by atoms with E-state index in [2.05, 4.69) is 16.0 Å². The Morgan fingerprint density at radius 1 is 0.871 bits per heavy atom. The summed E-state index contributed by atoms with van der Waals surface area (Å²) in [6.07, 6.45) is 1.65. The van der Waals surface area contributed by atoms with Gasteiger partial charge in [-0.3, -0.25) is 14.4 Å². The van der Waals surface area contributed by atoms with Crippen LogP contribution in [0.3, 0.4) is 0 Å². The van der Waals surface area contributed by atoms with Crippen molar-refractivity contribution in [2.75, 3.05) is 25.5 Å². The lowest BCUT2D eigenvalue weighted by Crippen LogP contribution is -2.34. The highest BCUT2D eigenvalue weighted by Crippen LogP contribution is 2.13. The Kier molecular flexibility index (Phi) is 7.42. The summed E-state index contributed by atoms with van der Waals surface area (Å²) in [5.74, 6) is 0.181. The molecule has 1 heterocycles. The van der Waals surface area contributed by atoms with Gasteiger partial charge in [0, 0.05) is 24.3 Å². The molecule has 0 radical (unpaired) electrons. The van der Waals surface area contributed by atoms with Crippen molar-refractivity contribution in [1.82, 2.24) is 10.6 Å². The molecule has 0 aliphatic carbocycles. The number of benzene rings is 2. The highest BCUT2D eigenvalue weighted by molar-refractivity contribution is 5.96. The van der Waals surface area contributed by atoms with Crippen LogP contribution in [-0.2, 0) is 11.2 Å². The molecule has 3 aromatic rings. The van der Waals surface area contributed by atoms with E-state index in [0.717, 1.165) is 11.3 Å². The number of nitrogens with one attached hydrogen (secondary N) is 3. The van der Waals surface area contributed by atoms with Gasteiger partial charge in [-0.15, -0.1) is 0 Å². The van der Waals surface area contributed by atoms with Gasteiger partial charge in [-0.05, 0) is 54.1 Å². The summed E-state index contributed by atoms with van der Waals surface area (Å²) >= 11 is 0. The SMILES string of the molecule is COc1ccc(CC(=O)Nc2ccc(C(=O)NCCNC(=O)c3ccco3)cc2)cc1. The van der Waals surface area contributed by atoms with E-state index in [4.69, 9.17) is 9.15 Å². The largest absolute Gasteiger partial charge is 0.497 e. The first kappa shape index (κ1) is 21.6. The van der Waals surface area contributed by atoms with Crippen LogP contribution in [-0.4, -0.2) is 37.9 Å². The molecule has 0 aliphatic rings. The molecule has 0 spiro atoms. The predicted octanol–water partition coefficient (Wildman–Crippen LogP) is 2.63. The van der Waals surface area contributed by atoms with Crippen molar-refractivity contribution < 1.29 is 23.5 Å². The van der Waals surface area contributed by atoms with E-state index >= 15 is 0 Å². The van der Waals surface area contributed by atoms with Gasteiger partial charge in [-0.1, -0.05) is 12.1 Å². The normalized spacial score (nSPS) is 10.2. The van der Waals surface area contributed by atoms with Crippen molar-refractivity contribution >= 4 is 23.4 Å². The van der Waals surface area contributed by atoms with E-state index < -0.39 is 0 Å². The third kappa shape index (κ3) is 6.46. The maximum atomic E-state index is 12.2. The Morgan fingerprint density at radius 2 is 1.55 bits per heavy atom. The molecule has 0 saturated heterocycles. The Morgan fingerprint density at radius 3 is 2.16 bits per heavy atom. The Labute approximate surface area is 179 Å². The van der Waals surface area contributed by atoms with E-state index in [0.29, 0.717) is 11.3 Å². The van der Waals surface area contributed by atoms with Crippen molar-refractivity contribution in [1.29, 1.82) is 0 Å². The molecule has 3 amide bonds. The maximum absolute atomic E-state index is 12.2. The molecule has 3 rings (SSSR count). The second kappa shape index (κ2) is 10.6. The molecule has 31 heavy (non-hydrogen) atoms. The fourth-order valence-corrected chi connectivity index (χ4v) is 2.79. The minimum atomic E-state index is -0.339. The second-order valence-electron chi connectivity index (χ2n) is 6.64. The molecule has 1 aromatic heterocycles. The molecule has 8 heteroatoms. The van der Waals surface area contributed by atoms with Crippen molar-refractivity contribution in [2.24, 2.45) is 0 Å². The number of carbonyl (C=O) groups is 3. The molecular weight excluding hydrogens is 398 g/mol. The number of rotatable bonds is 9. The zero-order valence-electron chi connectivity index (χ0n) is 17.0. The first-order chi connectivity index (χ1) is 15.0. The van der Waals surface area contributed by atoms with Crippen LogP contribution in [0.4, 0.5) is 5.69 Å². The van der Waals surface area contributed by atoms with E-state index in [-0.39, 0.29) is 43.0 Å². The van der Waals surface area contributed by atoms with Crippen LogP contribution >= 0.6 is 0 Å². The highest BCUT2D eigenvalue weighted by atomic mass is 16.5. The third-order valence-electron chi connectivity index (χ3n) is 4.40. The molecule has 0 saturated carbocycles. The van der Waals surface area contributed by atoms with Gasteiger partial charge in [0.15, 0.2) is 5.76 Å². The minimum Gasteiger partial charge on any atom is -0.497 e. The molecule has 0 unspecified atom stereocenters. The Bertz CT molecular complexity index is 1010. The van der Waals surface area contributed by atoms with Gasteiger partial charge in [0.2, 0.25) is 5.91 Å². The summed E-state index contributed by atoms with van der Waals surface area (Å²) in [4.78, 5) is 36.1. The second-order valence-corrected chi connectivity index (χ2v) is 6.64. The topological polar surface area (TPSA) is 110 Å². The zero-order valence-corrected chi connectivity index (χ0v) is 17.0. The Hall–Kier alpha value is -4.07. The van der Waals surface area contributed by atoms with Crippen molar-refractivity contribution in [3.8, 4) is 5.75 Å². The summed E-state index contributed by atoms with van der Waals surface area (Å²) in [7, 11) is 1.59. The lowest BCUT2D eigenvalue weighted by atomic mass is 10.1. The fourth-order valence-electron chi connectivity index (χ4n) is 2.79. The molecule has 0 atom stereocenters. The number of anilines is 1. The molecule has 0 fully saturated rings. The van der Waals surface area contributed by atoms with Crippen LogP contribution < -0.4 is 20.7 Å². The van der Waals surface area contributed by atoms with E-state index in [1.165, 1.54) is 6.26 Å². The average Bonchev–Trinajstić information content (AvgIpc) is 3.32. The first-order valence-electron chi connectivity index (χ1n) is 9.68. The summed E-state index contributed by atoms with van der Waals surface area (Å²) in [6.45, 7) is 0.538. The van der Waals surface area contributed by atoms with E-state index in [1.807, 2.05) is 12.1 Å². The smallest absolute Gasteiger partial charge is 0.287 e. The lowest BCUT2D eigenvalue weighted by Gasteiger charge is -2.08. The average molecular weight is 421 g/mol. The number of hydrogen-bond donors (Lipinski definition) is 3. The number of ether oxygens (including phenoxy) is 1. The summed E-state index contributed by atoms with van der Waals surface area (Å²) in [5.41, 5.74) is 1.92. The molecular formula is C23H23N3O5. The third-order valence-corrected chi connectivity index (χ3v) is 4.40.